The van der Waals surface area contributed by atoms with E-state index in [0.717, 1.165) is 24.0 Å². The van der Waals surface area contributed by atoms with Crippen molar-refractivity contribution in [2.45, 2.75) is 32.9 Å². The van der Waals surface area contributed by atoms with Crippen LogP contribution in [0.3, 0.4) is 0 Å². The Balaban J connectivity index is 2.25. The third-order valence-electron chi connectivity index (χ3n) is 3.10. The molecule has 0 radical (unpaired) electrons. The van der Waals surface area contributed by atoms with Gasteiger partial charge < -0.3 is 5.73 Å². The van der Waals surface area contributed by atoms with Crippen LogP contribution in [0, 0.1) is 18.6 Å². The summed E-state index contributed by atoms with van der Waals surface area (Å²) in [7, 11) is 0. The monoisotopic (exact) mass is 265 g/mol. The molecule has 19 heavy (non-hydrogen) atoms. The van der Waals surface area contributed by atoms with Gasteiger partial charge in [0.05, 0.1) is 5.69 Å². The van der Waals surface area contributed by atoms with Crippen LogP contribution in [0.1, 0.15) is 29.9 Å². The summed E-state index contributed by atoms with van der Waals surface area (Å²) in [6.07, 6.45) is 0.426. The van der Waals surface area contributed by atoms with Gasteiger partial charge in [-0.15, -0.1) is 0 Å². The summed E-state index contributed by atoms with van der Waals surface area (Å²) >= 11 is 0. The number of rotatable bonds is 4. The van der Waals surface area contributed by atoms with Crippen LogP contribution in [0.25, 0.3) is 0 Å². The maximum atomic E-state index is 13.7. The molecule has 0 aliphatic rings. The van der Waals surface area contributed by atoms with Gasteiger partial charge in [-0.05, 0) is 26.0 Å². The van der Waals surface area contributed by atoms with Gasteiger partial charge in [-0.3, -0.25) is 4.68 Å². The smallest absolute Gasteiger partial charge is 0.163 e. The molecular formula is C14H17F2N3. The minimum absolute atomic E-state index is 0.196. The molecule has 1 heterocycles. The Morgan fingerprint density at radius 3 is 2.79 bits per heavy atom. The van der Waals surface area contributed by atoms with E-state index in [1.807, 2.05) is 24.6 Å². The molecule has 5 heteroatoms. The van der Waals surface area contributed by atoms with Gasteiger partial charge in [0.25, 0.3) is 0 Å². The lowest BCUT2D eigenvalue weighted by atomic mass is 10.0. The number of aryl methyl sites for hydroxylation is 2. The molecule has 0 aliphatic carbocycles. The highest BCUT2D eigenvalue weighted by Crippen LogP contribution is 2.21. The van der Waals surface area contributed by atoms with E-state index in [0.29, 0.717) is 6.42 Å². The molecule has 0 aliphatic heterocycles. The molecule has 1 aromatic heterocycles. The van der Waals surface area contributed by atoms with Crippen LogP contribution in [-0.2, 0) is 13.0 Å². The van der Waals surface area contributed by atoms with Crippen LogP contribution >= 0.6 is 0 Å². The van der Waals surface area contributed by atoms with E-state index in [1.54, 1.807) is 0 Å². The molecule has 2 rings (SSSR count). The SMILES string of the molecule is CCn1nc(C)cc1CC(N)c1cccc(F)c1F. The molecule has 3 nitrogen and oxygen atoms in total. The topological polar surface area (TPSA) is 43.8 Å². The largest absolute Gasteiger partial charge is 0.324 e. The Kier molecular flexibility index (Phi) is 3.95. The zero-order valence-electron chi connectivity index (χ0n) is 11.0. The number of benzene rings is 1. The highest BCUT2D eigenvalue weighted by molar-refractivity contribution is 5.24. The summed E-state index contributed by atoms with van der Waals surface area (Å²) in [5.74, 6) is -1.73. The number of halogens is 2. The Hall–Kier alpha value is -1.75. The molecule has 0 saturated heterocycles. The molecule has 2 N–H and O–H groups in total. The third kappa shape index (κ3) is 2.81. The maximum Gasteiger partial charge on any atom is 0.163 e. The molecule has 0 saturated carbocycles. The molecule has 0 spiro atoms. The van der Waals surface area contributed by atoms with Gasteiger partial charge in [0, 0.05) is 30.3 Å². The minimum Gasteiger partial charge on any atom is -0.324 e. The van der Waals surface area contributed by atoms with Crippen molar-refractivity contribution in [3.8, 4) is 0 Å². The summed E-state index contributed by atoms with van der Waals surface area (Å²) in [4.78, 5) is 0. The van der Waals surface area contributed by atoms with E-state index in [9.17, 15) is 8.78 Å². The normalized spacial score (nSPS) is 12.7. The minimum atomic E-state index is -0.867. The van der Waals surface area contributed by atoms with Crippen LogP contribution in [0.2, 0.25) is 0 Å². The number of nitrogens with zero attached hydrogens (tertiary/aromatic N) is 2. The first-order valence-corrected chi connectivity index (χ1v) is 6.25. The Labute approximate surface area is 111 Å². The molecular weight excluding hydrogens is 248 g/mol. The Morgan fingerprint density at radius 1 is 1.37 bits per heavy atom. The van der Waals surface area contributed by atoms with Crippen molar-refractivity contribution in [1.82, 2.24) is 9.78 Å². The molecule has 0 bridgehead atoms. The first kappa shape index (κ1) is 13.7. The third-order valence-corrected chi connectivity index (χ3v) is 3.10. The second-order valence-corrected chi connectivity index (χ2v) is 4.55. The van der Waals surface area contributed by atoms with Crippen molar-refractivity contribution in [1.29, 1.82) is 0 Å². The molecule has 102 valence electrons. The number of nitrogens with two attached hydrogens (primary N) is 1. The molecule has 1 unspecified atom stereocenters. The standard InChI is InChI=1S/C14H17F2N3/c1-3-19-10(7-9(2)18-19)8-13(17)11-5-4-6-12(15)14(11)16/h4-7,13H,3,8,17H2,1-2H3. The molecule has 1 aromatic carbocycles. The van der Waals surface area contributed by atoms with Crippen LogP contribution < -0.4 is 5.73 Å². The van der Waals surface area contributed by atoms with Crippen molar-refractivity contribution in [3.05, 3.63) is 52.9 Å². The van der Waals surface area contributed by atoms with E-state index >= 15 is 0 Å². The lowest BCUT2D eigenvalue weighted by Gasteiger charge is -2.14. The fourth-order valence-corrected chi connectivity index (χ4v) is 2.18. The lowest BCUT2D eigenvalue weighted by Crippen LogP contribution is -2.18. The Bertz CT molecular complexity index is 578. The second-order valence-electron chi connectivity index (χ2n) is 4.55. The fourth-order valence-electron chi connectivity index (χ4n) is 2.18. The predicted octanol–water partition coefficient (Wildman–Crippen LogP) is 2.73. The predicted molar refractivity (Wildman–Crippen MR) is 69.6 cm³/mol. The van der Waals surface area contributed by atoms with Crippen LogP contribution in [0.5, 0.6) is 0 Å². The summed E-state index contributed by atoms with van der Waals surface area (Å²) in [6, 6.07) is 5.41. The van der Waals surface area contributed by atoms with Crippen molar-refractivity contribution in [2.75, 3.05) is 0 Å². The van der Waals surface area contributed by atoms with Gasteiger partial charge in [0.15, 0.2) is 11.6 Å². The van der Waals surface area contributed by atoms with Crippen molar-refractivity contribution in [3.63, 3.8) is 0 Å². The van der Waals surface area contributed by atoms with Gasteiger partial charge in [0.1, 0.15) is 0 Å². The Morgan fingerprint density at radius 2 is 2.11 bits per heavy atom. The fraction of sp³-hybridized carbons (Fsp3) is 0.357. The van der Waals surface area contributed by atoms with Gasteiger partial charge in [-0.1, -0.05) is 12.1 Å². The molecule has 0 fully saturated rings. The average molecular weight is 265 g/mol. The molecule has 2 aromatic rings. The van der Waals surface area contributed by atoms with Crippen LogP contribution in [-0.4, -0.2) is 9.78 Å². The van der Waals surface area contributed by atoms with Gasteiger partial charge in [-0.25, -0.2) is 8.78 Å². The van der Waals surface area contributed by atoms with Gasteiger partial charge in [-0.2, -0.15) is 5.10 Å². The van der Waals surface area contributed by atoms with Crippen molar-refractivity contribution < 1.29 is 8.78 Å². The van der Waals surface area contributed by atoms with E-state index in [2.05, 4.69) is 5.10 Å². The summed E-state index contributed by atoms with van der Waals surface area (Å²) < 4.78 is 28.7. The summed E-state index contributed by atoms with van der Waals surface area (Å²) in [5.41, 5.74) is 8.00. The van der Waals surface area contributed by atoms with Gasteiger partial charge in [0.2, 0.25) is 0 Å². The summed E-state index contributed by atoms with van der Waals surface area (Å²) in [6.45, 7) is 4.59. The van der Waals surface area contributed by atoms with Crippen LogP contribution in [0.15, 0.2) is 24.3 Å². The highest BCUT2D eigenvalue weighted by Gasteiger charge is 2.17. The van der Waals surface area contributed by atoms with Crippen molar-refractivity contribution >= 4 is 0 Å². The molecule has 1 atom stereocenters. The quantitative estimate of drug-likeness (QED) is 0.923. The second kappa shape index (κ2) is 5.48. The summed E-state index contributed by atoms with van der Waals surface area (Å²) in [5, 5.41) is 4.31. The van der Waals surface area contributed by atoms with E-state index < -0.39 is 17.7 Å². The van der Waals surface area contributed by atoms with E-state index in [4.69, 9.17) is 5.73 Å². The van der Waals surface area contributed by atoms with Crippen molar-refractivity contribution in [2.24, 2.45) is 5.73 Å². The van der Waals surface area contributed by atoms with Crippen LogP contribution in [0.4, 0.5) is 8.78 Å². The first-order valence-electron chi connectivity index (χ1n) is 6.25. The number of hydrogen-bond acceptors (Lipinski definition) is 2. The first-order chi connectivity index (χ1) is 9.02. The maximum absolute atomic E-state index is 13.7. The molecule has 0 amide bonds. The zero-order chi connectivity index (χ0) is 14.0. The zero-order valence-corrected chi connectivity index (χ0v) is 11.0. The lowest BCUT2D eigenvalue weighted by molar-refractivity contribution is 0.484. The highest BCUT2D eigenvalue weighted by atomic mass is 19.2. The van der Waals surface area contributed by atoms with Gasteiger partial charge >= 0.3 is 0 Å². The van der Waals surface area contributed by atoms with E-state index in [-0.39, 0.29) is 5.56 Å². The number of hydrogen-bond donors (Lipinski definition) is 1. The number of aromatic nitrogens is 2. The van der Waals surface area contributed by atoms with E-state index in [1.165, 1.54) is 12.1 Å². The average Bonchev–Trinajstić information content (AvgIpc) is 2.72.